The second kappa shape index (κ2) is 6.86. The molecule has 1 aromatic carbocycles. The number of hydrogen-bond donors (Lipinski definition) is 2. The monoisotopic (exact) mass is 392 g/mol. The average molecular weight is 393 g/mol. The molecule has 3 rings (SSSR count). The summed E-state index contributed by atoms with van der Waals surface area (Å²) in [6.45, 7) is -1.21. The molecule has 0 aromatic heterocycles. The summed E-state index contributed by atoms with van der Waals surface area (Å²) in [4.78, 5) is 23.6. The molecule has 2 aliphatic rings. The number of cyclic esters (lactones) is 1. The summed E-state index contributed by atoms with van der Waals surface area (Å²) in [6.07, 6.45) is -3.94. The third kappa shape index (κ3) is 3.53. The van der Waals surface area contributed by atoms with E-state index in [2.05, 4.69) is 15.4 Å². The third-order valence-corrected chi connectivity index (χ3v) is 4.70. The molecule has 1 atom stereocenters. The van der Waals surface area contributed by atoms with Crippen LogP contribution in [0, 0.1) is 0 Å². The first kappa shape index (κ1) is 18.6. The maximum Gasteiger partial charge on any atom is 0.436 e. The predicted octanol–water partition coefficient (Wildman–Crippen LogP) is 4.33. The van der Waals surface area contributed by atoms with Crippen molar-refractivity contribution in [1.29, 1.82) is 0 Å². The second-order valence-electron chi connectivity index (χ2n) is 6.23. The van der Waals surface area contributed by atoms with E-state index in [1.54, 1.807) is 0 Å². The molecule has 1 unspecified atom stereocenters. The number of rotatable bonds is 3. The summed E-state index contributed by atoms with van der Waals surface area (Å²) in [5.74, 6) is 0. The zero-order valence-corrected chi connectivity index (χ0v) is 14.2. The number of benzene rings is 1. The molecule has 0 spiro atoms. The number of carbonyl (C=O) groups excluding carboxylic acids is 2. The molecule has 0 saturated heterocycles. The van der Waals surface area contributed by atoms with Crippen LogP contribution in [0.2, 0.25) is 5.02 Å². The molecule has 6 nitrogen and oxygen atoms in total. The Labute approximate surface area is 152 Å². The summed E-state index contributed by atoms with van der Waals surface area (Å²) in [6, 6.07) is 3.47. The maximum absolute atomic E-state index is 13.9. The van der Waals surface area contributed by atoms with Crippen LogP contribution in [-0.4, -0.2) is 31.0 Å². The van der Waals surface area contributed by atoms with Gasteiger partial charge in [-0.3, -0.25) is 5.32 Å². The van der Waals surface area contributed by atoms with E-state index in [-0.39, 0.29) is 16.8 Å². The standard InChI is InChI=1S/C16H16ClF3N2O4/c17-9-5-6-12-11(7-9)15(16(18,19)20,26-14(24)22-12)8-25-13(23)21-10-3-1-2-4-10/h5-7,10H,1-4,8H2,(H,21,23)(H,22,24). The van der Waals surface area contributed by atoms with E-state index in [1.165, 1.54) is 12.1 Å². The second-order valence-corrected chi connectivity index (χ2v) is 6.67. The molecule has 1 heterocycles. The molecular weight excluding hydrogens is 377 g/mol. The van der Waals surface area contributed by atoms with Crippen LogP contribution in [0.15, 0.2) is 18.2 Å². The normalized spacial score (nSPS) is 23.0. The summed E-state index contributed by atoms with van der Waals surface area (Å²) < 4.78 is 51.0. The number of alkyl halides is 3. The summed E-state index contributed by atoms with van der Waals surface area (Å²) in [5, 5.41) is 4.73. The Morgan fingerprint density at radius 2 is 2.08 bits per heavy atom. The minimum Gasteiger partial charge on any atom is -0.445 e. The average Bonchev–Trinajstić information content (AvgIpc) is 3.05. The molecule has 1 saturated carbocycles. The van der Waals surface area contributed by atoms with Crippen LogP contribution in [0.4, 0.5) is 28.4 Å². The Morgan fingerprint density at radius 3 is 2.73 bits per heavy atom. The summed E-state index contributed by atoms with van der Waals surface area (Å²) in [7, 11) is 0. The number of halogens is 4. The molecule has 1 aliphatic heterocycles. The summed E-state index contributed by atoms with van der Waals surface area (Å²) >= 11 is 5.81. The fourth-order valence-corrected chi connectivity index (χ4v) is 3.33. The van der Waals surface area contributed by atoms with Gasteiger partial charge in [0, 0.05) is 16.6 Å². The highest BCUT2D eigenvalue weighted by molar-refractivity contribution is 6.30. The number of fused-ring (bicyclic) bond motifs is 1. The van der Waals surface area contributed by atoms with Gasteiger partial charge in [-0.25, -0.2) is 9.59 Å². The van der Waals surface area contributed by atoms with Gasteiger partial charge in [0.05, 0.1) is 5.69 Å². The van der Waals surface area contributed by atoms with Crippen molar-refractivity contribution in [2.24, 2.45) is 0 Å². The summed E-state index contributed by atoms with van der Waals surface area (Å²) in [5.41, 5.74) is -3.67. The van der Waals surface area contributed by atoms with Crippen molar-refractivity contribution in [2.75, 3.05) is 11.9 Å². The first-order valence-corrected chi connectivity index (χ1v) is 8.39. The molecule has 0 radical (unpaired) electrons. The lowest BCUT2D eigenvalue weighted by atomic mass is 9.90. The first-order chi connectivity index (χ1) is 12.2. The van der Waals surface area contributed by atoms with Crippen molar-refractivity contribution in [2.45, 2.75) is 43.5 Å². The highest BCUT2D eigenvalue weighted by Gasteiger charge is 2.63. The zero-order chi connectivity index (χ0) is 18.9. The minimum absolute atomic E-state index is 0.0209. The SMILES string of the molecule is O=C(NC1CCCC1)OCC1(C(F)(F)F)OC(=O)Nc2ccc(Cl)cc21. The number of hydrogen-bond acceptors (Lipinski definition) is 4. The third-order valence-electron chi connectivity index (χ3n) is 4.46. The fraction of sp³-hybridized carbons (Fsp3) is 0.500. The quantitative estimate of drug-likeness (QED) is 0.802. The number of nitrogens with one attached hydrogen (secondary N) is 2. The van der Waals surface area contributed by atoms with Gasteiger partial charge in [-0.05, 0) is 31.0 Å². The molecule has 0 bridgehead atoms. The van der Waals surface area contributed by atoms with Crippen molar-refractivity contribution in [1.82, 2.24) is 5.32 Å². The number of anilines is 1. The molecule has 10 heteroatoms. The minimum atomic E-state index is -5.03. The van der Waals surface area contributed by atoms with Crippen molar-refractivity contribution in [3.8, 4) is 0 Å². The number of alkyl carbamates (subject to hydrolysis) is 1. The smallest absolute Gasteiger partial charge is 0.436 e. The van der Waals surface area contributed by atoms with Gasteiger partial charge in [0.2, 0.25) is 0 Å². The molecule has 142 valence electrons. The van der Waals surface area contributed by atoms with Crippen molar-refractivity contribution in [3.05, 3.63) is 28.8 Å². The Balaban J connectivity index is 1.87. The molecule has 2 amide bonds. The first-order valence-electron chi connectivity index (χ1n) is 8.01. The van der Waals surface area contributed by atoms with Crippen LogP contribution in [-0.2, 0) is 15.1 Å². The van der Waals surface area contributed by atoms with Gasteiger partial charge in [0.25, 0.3) is 5.60 Å². The maximum atomic E-state index is 13.9. The molecule has 1 fully saturated rings. The van der Waals surface area contributed by atoms with Gasteiger partial charge < -0.3 is 14.8 Å². The van der Waals surface area contributed by atoms with E-state index in [0.29, 0.717) is 0 Å². The van der Waals surface area contributed by atoms with E-state index in [0.717, 1.165) is 31.7 Å². The highest BCUT2D eigenvalue weighted by Crippen LogP contribution is 2.48. The molecule has 1 aromatic rings. The van der Waals surface area contributed by atoms with Gasteiger partial charge in [-0.1, -0.05) is 24.4 Å². The number of ether oxygens (including phenoxy) is 2. The molecule has 26 heavy (non-hydrogen) atoms. The predicted molar refractivity (Wildman–Crippen MR) is 86.0 cm³/mol. The van der Waals surface area contributed by atoms with Crippen LogP contribution in [0.1, 0.15) is 31.2 Å². The zero-order valence-electron chi connectivity index (χ0n) is 13.5. The Kier molecular flexibility index (Phi) is 4.92. The van der Waals surface area contributed by atoms with E-state index in [1.807, 2.05) is 0 Å². The van der Waals surface area contributed by atoms with Crippen LogP contribution in [0.5, 0.6) is 0 Å². The molecule has 2 N–H and O–H groups in total. The van der Waals surface area contributed by atoms with Gasteiger partial charge in [0.15, 0.2) is 0 Å². The van der Waals surface area contributed by atoms with Gasteiger partial charge in [0.1, 0.15) is 6.61 Å². The topological polar surface area (TPSA) is 76.7 Å². The lowest BCUT2D eigenvalue weighted by Crippen LogP contribution is -2.54. The van der Waals surface area contributed by atoms with Crippen LogP contribution < -0.4 is 10.6 Å². The Hall–Kier alpha value is -2.16. The van der Waals surface area contributed by atoms with Crippen molar-refractivity contribution >= 4 is 29.5 Å². The number of carbonyl (C=O) groups is 2. The Morgan fingerprint density at radius 1 is 1.38 bits per heavy atom. The lowest BCUT2D eigenvalue weighted by molar-refractivity contribution is -0.275. The van der Waals surface area contributed by atoms with Gasteiger partial charge in [-0.15, -0.1) is 0 Å². The van der Waals surface area contributed by atoms with Crippen LogP contribution in [0.3, 0.4) is 0 Å². The lowest BCUT2D eigenvalue weighted by Gasteiger charge is -2.39. The Bertz CT molecular complexity index is 722. The van der Waals surface area contributed by atoms with E-state index in [4.69, 9.17) is 16.3 Å². The van der Waals surface area contributed by atoms with Gasteiger partial charge >= 0.3 is 18.4 Å². The highest BCUT2D eigenvalue weighted by atomic mass is 35.5. The molecule has 1 aliphatic carbocycles. The van der Waals surface area contributed by atoms with Gasteiger partial charge in [-0.2, -0.15) is 13.2 Å². The van der Waals surface area contributed by atoms with E-state index in [9.17, 15) is 22.8 Å². The fourth-order valence-electron chi connectivity index (χ4n) is 3.15. The molecular formula is C16H16ClF3N2O4. The van der Waals surface area contributed by atoms with E-state index < -0.39 is 36.1 Å². The largest absolute Gasteiger partial charge is 0.445 e. The van der Waals surface area contributed by atoms with Crippen LogP contribution in [0.25, 0.3) is 0 Å². The van der Waals surface area contributed by atoms with Crippen molar-refractivity contribution in [3.63, 3.8) is 0 Å². The van der Waals surface area contributed by atoms with Crippen LogP contribution >= 0.6 is 11.6 Å². The van der Waals surface area contributed by atoms with E-state index >= 15 is 0 Å². The van der Waals surface area contributed by atoms with Crippen molar-refractivity contribution < 1.29 is 32.2 Å². The number of amides is 2.